The minimum atomic E-state index is 0.308. The zero-order valence-corrected chi connectivity index (χ0v) is 20.5. The Morgan fingerprint density at radius 3 is 2.60 bits per heavy atom. The number of fused-ring (bicyclic) bond motifs is 3. The van der Waals surface area contributed by atoms with Crippen molar-refractivity contribution in [2.24, 2.45) is 11.8 Å². The van der Waals surface area contributed by atoms with Crippen LogP contribution in [0.3, 0.4) is 0 Å². The zero-order chi connectivity index (χ0) is 23.4. The topological polar surface area (TPSA) is 28.5 Å². The van der Waals surface area contributed by atoms with Crippen molar-refractivity contribution >= 4 is 22.9 Å². The van der Waals surface area contributed by atoms with Crippen LogP contribution in [-0.2, 0) is 11.3 Å². The number of piperidine rings is 4. The van der Waals surface area contributed by atoms with E-state index >= 15 is 0 Å². The third-order valence-electron chi connectivity index (χ3n) is 9.26. The molecule has 3 aromatic rings. The van der Waals surface area contributed by atoms with Crippen LogP contribution in [0.5, 0.6) is 0 Å². The van der Waals surface area contributed by atoms with E-state index in [0.717, 1.165) is 37.5 Å². The van der Waals surface area contributed by atoms with E-state index in [1.807, 2.05) is 0 Å². The average molecular weight is 466 g/mol. The molecule has 2 aromatic carbocycles. The second kappa shape index (κ2) is 8.67. The largest absolute Gasteiger partial charge is 0.342 e. The minimum absolute atomic E-state index is 0.308. The van der Waals surface area contributed by atoms with Gasteiger partial charge in [-0.05, 0) is 81.2 Å². The van der Waals surface area contributed by atoms with Crippen molar-refractivity contribution in [2.75, 3.05) is 19.6 Å². The van der Waals surface area contributed by atoms with Gasteiger partial charge in [-0.2, -0.15) is 0 Å². The van der Waals surface area contributed by atoms with E-state index < -0.39 is 0 Å². The van der Waals surface area contributed by atoms with Crippen molar-refractivity contribution in [2.45, 2.75) is 57.2 Å². The highest BCUT2D eigenvalue weighted by Gasteiger charge is 2.51. The summed E-state index contributed by atoms with van der Waals surface area (Å²) in [6.45, 7) is 4.36. The number of benzene rings is 2. The number of nitrogens with zero attached hydrogens (tertiary/aromatic N) is 3. The molecular formula is C31H35N3O. The van der Waals surface area contributed by atoms with Crippen molar-refractivity contribution < 1.29 is 4.79 Å². The number of hydrogen-bond acceptors (Lipinski definition) is 2. The summed E-state index contributed by atoms with van der Waals surface area (Å²) in [7, 11) is 0. The van der Waals surface area contributed by atoms with Crippen molar-refractivity contribution in [1.82, 2.24) is 14.4 Å². The van der Waals surface area contributed by atoms with Crippen molar-refractivity contribution in [3.8, 4) is 0 Å². The van der Waals surface area contributed by atoms with E-state index in [1.54, 1.807) is 0 Å². The summed E-state index contributed by atoms with van der Waals surface area (Å²) in [5.74, 6) is 1.66. The summed E-state index contributed by atoms with van der Waals surface area (Å²) < 4.78 is 2.33. The molecule has 0 aliphatic carbocycles. The maximum atomic E-state index is 13.9. The van der Waals surface area contributed by atoms with Gasteiger partial charge in [0, 0.05) is 53.4 Å². The van der Waals surface area contributed by atoms with Gasteiger partial charge in [0.05, 0.1) is 0 Å². The molecule has 4 fully saturated rings. The molecule has 4 saturated heterocycles. The Morgan fingerprint density at radius 1 is 0.914 bits per heavy atom. The van der Waals surface area contributed by atoms with Crippen LogP contribution < -0.4 is 0 Å². The molecule has 1 aromatic heterocycles. The van der Waals surface area contributed by atoms with Crippen LogP contribution in [0.1, 0.15) is 49.7 Å². The van der Waals surface area contributed by atoms with Crippen LogP contribution in [0.25, 0.3) is 17.0 Å². The summed E-state index contributed by atoms with van der Waals surface area (Å²) >= 11 is 0. The van der Waals surface area contributed by atoms with E-state index in [2.05, 4.69) is 81.2 Å². The Labute approximate surface area is 208 Å². The molecule has 4 heteroatoms. The quantitative estimate of drug-likeness (QED) is 0.473. The Balaban J connectivity index is 1.20. The van der Waals surface area contributed by atoms with Crippen LogP contribution in [0.4, 0.5) is 0 Å². The predicted molar refractivity (Wildman–Crippen MR) is 141 cm³/mol. The van der Waals surface area contributed by atoms with Gasteiger partial charge in [-0.3, -0.25) is 9.69 Å². The summed E-state index contributed by atoms with van der Waals surface area (Å²) in [5, 5.41) is 1.24. The molecule has 0 N–H and O–H groups in total. The van der Waals surface area contributed by atoms with E-state index in [4.69, 9.17) is 0 Å². The first-order valence-corrected chi connectivity index (χ1v) is 13.6. The Kier molecular flexibility index (Phi) is 5.31. The first-order valence-electron chi connectivity index (χ1n) is 13.6. The maximum absolute atomic E-state index is 13.9. The van der Waals surface area contributed by atoms with E-state index in [0.29, 0.717) is 23.8 Å². The van der Waals surface area contributed by atoms with Gasteiger partial charge in [0.15, 0.2) is 0 Å². The smallest absolute Gasteiger partial charge is 0.250 e. The van der Waals surface area contributed by atoms with Gasteiger partial charge in [-0.25, -0.2) is 0 Å². The lowest BCUT2D eigenvalue weighted by molar-refractivity contribution is -0.145. The lowest BCUT2D eigenvalue weighted by Gasteiger charge is -2.58. The summed E-state index contributed by atoms with van der Waals surface area (Å²) in [6.07, 6.45) is 11.7. The predicted octanol–water partition coefficient (Wildman–Crippen LogP) is 5.57. The maximum Gasteiger partial charge on any atom is 0.250 e. The van der Waals surface area contributed by atoms with Gasteiger partial charge in [-0.1, -0.05) is 48.5 Å². The first-order chi connectivity index (χ1) is 17.3. The van der Waals surface area contributed by atoms with Gasteiger partial charge in [0.2, 0.25) is 5.91 Å². The van der Waals surface area contributed by atoms with Gasteiger partial charge >= 0.3 is 0 Å². The van der Waals surface area contributed by atoms with Crippen LogP contribution >= 0.6 is 0 Å². The molecule has 7 rings (SSSR count). The number of carbonyl (C=O) groups excluding carboxylic acids is 1. The van der Waals surface area contributed by atoms with Crippen molar-refractivity contribution in [3.05, 3.63) is 77.5 Å². The number of rotatable bonds is 3. The average Bonchev–Trinajstić information content (AvgIpc) is 3.24. The molecule has 0 unspecified atom stereocenters. The lowest BCUT2D eigenvalue weighted by Crippen LogP contribution is -2.66. The van der Waals surface area contributed by atoms with E-state index in [9.17, 15) is 4.79 Å². The molecule has 0 bridgehead atoms. The molecule has 4 aliphatic rings. The molecule has 0 radical (unpaired) electrons. The fourth-order valence-electron chi connectivity index (χ4n) is 7.82. The Bertz CT molecular complexity index is 1270. The number of hydrogen-bond donors (Lipinski definition) is 0. The zero-order valence-electron chi connectivity index (χ0n) is 20.5. The van der Waals surface area contributed by atoms with Crippen molar-refractivity contribution in [3.63, 3.8) is 0 Å². The fourth-order valence-corrected chi connectivity index (χ4v) is 7.82. The second-order valence-electron chi connectivity index (χ2n) is 11.2. The molecule has 35 heavy (non-hydrogen) atoms. The monoisotopic (exact) mass is 465 g/mol. The minimum Gasteiger partial charge on any atom is -0.342 e. The van der Waals surface area contributed by atoms with E-state index in [1.165, 1.54) is 60.8 Å². The molecule has 180 valence electrons. The molecule has 0 spiro atoms. The molecule has 5 heterocycles. The molecule has 0 saturated carbocycles. The fraction of sp³-hybridized carbons (Fsp3) is 0.452. The number of carbonyl (C=O) groups is 1. The van der Waals surface area contributed by atoms with Gasteiger partial charge in [-0.15, -0.1) is 0 Å². The van der Waals surface area contributed by atoms with Gasteiger partial charge in [0.1, 0.15) is 0 Å². The molecule has 4 atom stereocenters. The number of para-hydroxylation sites is 1. The van der Waals surface area contributed by atoms with Crippen LogP contribution in [0, 0.1) is 11.8 Å². The Hall–Kier alpha value is -2.85. The first kappa shape index (κ1) is 21.4. The number of aromatic nitrogens is 1. The van der Waals surface area contributed by atoms with Gasteiger partial charge < -0.3 is 9.47 Å². The summed E-state index contributed by atoms with van der Waals surface area (Å²) in [4.78, 5) is 19.0. The van der Waals surface area contributed by atoms with Gasteiger partial charge in [0.25, 0.3) is 0 Å². The van der Waals surface area contributed by atoms with Crippen LogP contribution in [-0.4, -0.2) is 52.0 Å². The highest BCUT2D eigenvalue weighted by Crippen LogP contribution is 2.45. The Morgan fingerprint density at radius 2 is 1.71 bits per heavy atom. The summed E-state index contributed by atoms with van der Waals surface area (Å²) in [5.41, 5.74) is 4.70. The SMILES string of the molecule is O=C1/C(=C/c2cn(Cc3ccccc3)c3ccccc23)CC[C@@H]2[C@H]3CCCN4CCC[C@H](CN12)[C@@H]34. The third kappa shape index (κ3) is 3.65. The summed E-state index contributed by atoms with van der Waals surface area (Å²) in [6, 6.07) is 20.4. The molecule has 4 nitrogen and oxygen atoms in total. The van der Waals surface area contributed by atoms with Crippen LogP contribution in [0.2, 0.25) is 0 Å². The molecule has 4 aliphatic heterocycles. The second-order valence-corrected chi connectivity index (χ2v) is 11.2. The van der Waals surface area contributed by atoms with Crippen LogP contribution in [0.15, 0.2) is 66.4 Å². The molecular weight excluding hydrogens is 430 g/mol. The highest BCUT2D eigenvalue weighted by molar-refractivity contribution is 6.01. The molecule has 1 amide bonds. The van der Waals surface area contributed by atoms with Crippen molar-refractivity contribution in [1.29, 1.82) is 0 Å². The standard InChI is InChI=1S/C31H35N3O/c35-31-23(14-15-29-27-12-7-17-32-16-6-10-24(30(27)32)21-34(29)31)18-25-20-33(19-22-8-2-1-3-9-22)28-13-5-4-11-26(25)28/h1-5,8-9,11,13,18,20,24,27,29-30H,6-7,10,12,14-17,19,21H2/b23-18+/t24-,27-,29-,30+/m1/s1. The van der Waals surface area contributed by atoms with E-state index in [-0.39, 0.29) is 0 Å². The normalized spacial score (nSPS) is 29.9. The number of amides is 1. The third-order valence-corrected chi connectivity index (χ3v) is 9.26. The lowest BCUT2D eigenvalue weighted by atomic mass is 9.67. The highest BCUT2D eigenvalue weighted by atomic mass is 16.2.